The van der Waals surface area contributed by atoms with Crippen LogP contribution in [0.1, 0.15) is 37.3 Å². The summed E-state index contributed by atoms with van der Waals surface area (Å²) in [6.45, 7) is 1.64. The number of aromatic nitrogens is 2. The van der Waals surface area contributed by atoms with Gasteiger partial charge in [0.15, 0.2) is 5.82 Å². The van der Waals surface area contributed by atoms with Crippen LogP contribution < -0.4 is 11.1 Å². The summed E-state index contributed by atoms with van der Waals surface area (Å²) in [6.07, 6.45) is 8.59. The Balaban J connectivity index is 1.38. The number of hydrogen-bond donors (Lipinski definition) is 2. The molecule has 5 rings (SSSR count). The highest BCUT2D eigenvalue weighted by Crippen LogP contribution is 2.30. The molecule has 1 aliphatic rings. The summed E-state index contributed by atoms with van der Waals surface area (Å²) < 4.78 is 5.98. The summed E-state index contributed by atoms with van der Waals surface area (Å²) in [7, 11) is 0. The number of nitrogens with zero attached hydrogens (tertiary/aromatic N) is 2. The van der Waals surface area contributed by atoms with E-state index >= 15 is 0 Å². The van der Waals surface area contributed by atoms with Gasteiger partial charge in [-0.2, -0.15) is 0 Å². The zero-order chi connectivity index (χ0) is 24.2. The van der Waals surface area contributed by atoms with E-state index in [1.54, 1.807) is 0 Å². The van der Waals surface area contributed by atoms with Crippen LogP contribution >= 0.6 is 23.2 Å². The fourth-order valence-corrected chi connectivity index (χ4v) is 5.13. The first-order valence-corrected chi connectivity index (χ1v) is 12.8. The Hall–Kier alpha value is -2.86. The van der Waals surface area contributed by atoms with Crippen molar-refractivity contribution >= 4 is 52.1 Å². The lowest BCUT2D eigenvalue weighted by Gasteiger charge is -2.28. The Bertz CT molecular complexity index is 1350. The number of anilines is 1. The second-order valence-electron chi connectivity index (χ2n) is 9.15. The first-order valence-electron chi connectivity index (χ1n) is 12.0. The Labute approximate surface area is 215 Å². The van der Waals surface area contributed by atoms with Crippen LogP contribution in [0.15, 0.2) is 59.0 Å². The van der Waals surface area contributed by atoms with Crippen LogP contribution in [0.4, 0.5) is 5.82 Å². The predicted molar refractivity (Wildman–Crippen MR) is 146 cm³/mol. The highest BCUT2D eigenvalue weighted by molar-refractivity contribution is 6.31. The summed E-state index contributed by atoms with van der Waals surface area (Å²) in [5.74, 6) is 4.09. The van der Waals surface area contributed by atoms with E-state index in [-0.39, 0.29) is 0 Å². The van der Waals surface area contributed by atoms with Gasteiger partial charge in [-0.15, -0.1) is 0 Å². The molecule has 180 valence electrons. The maximum atomic E-state index is 6.26. The number of nitrogens with two attached hydrogens (primary N) is 1. The summed E-state index contributed by atoms with van der Waals surface area (Å²) in [5.41, 5.74) is 7.66. The van der Waals surface area contributed by atoms with Gasteiger partial charge in [0, 0.05) is 27.5 Å². The molecule has 2 aromatic carbocycles. The molecule has 0 amide bonds. The van der Waals surface area contributed by atoms with E-state index in [1.165, 1.54) is 25.7 Å². The van der Waals surface area contributed by atoms with Gasteiger partial charge < -0.3 is 15.5 Å². The van der Waals surface area contributed by atoms with Crippen LogP contribution in [0.25, 0.3) is 34.4 Å². The third kappa shape index (κ3) is 5.87. The molecule has 0 aliphatic heterocycles. The number of nitrogens with one attached hydrogen (secondary N) is 1. The molecule has 1 aliphatic carbocycles. The van der Waals surface area contributed by atoms with Crippen molar-refractivity contribution in [2.24, 2.45) is 17.6 Å². The Morgan fingerprint density at radius 2 is 1.83 bits per heavy atom. The quantitative estimate of drug-likeness (QED) is 0.270. The average Bonchev–Trinajstić information content (AvgIpc) is 3.35. The molecule has 5 nitrogen and oxygen atoms in total. The van der Waals surface area contributed by atoms with Crippen molar-refractivity contribution in [1.82, 2.24) is 9.97 Å². The third-order valence-corrected chi connectivity index (χ3v) is 7.06. The van der Waals surface area contributed by atoms with Crippen molar-refractivity contribution in [3.63, 3.8) is 0 Å². The minimum Gasteiger partial charge on any atom is -0.457 e. The van der Waals surface area contributed by atoms with Crippen molar-refractivity contribution in [3.05, 3.63) is 76.2 Å². The van der Waals surface area contributed by atoms with Gasteiger partial charge in [0.05, 0.1) is 5.52 Å². The van der Waals surface area contributed by atoms with E-state index in [4.69, 9.17) is 43.3 Å². The smallest absolute Gasteiger partial charge is 0.155 e. The molecule has 3 N–H and O–H groups in total. The van der Waals surface area contributed by atoms with E-state index < -0.39 is 0 Å². The first kappa shape index (κ1) is 23.9. The molecule has 0 saturated heterocycles. The zero-order valence-electron chi connectivity index (χ0n) is 19.4. The molecule has 2 atom stereocenters. The largest absolute Gasteiger partial charge is 0.457 e. The summed E-state index contributed by atoms with van der Waals surface area (Å²) in [4.78, 5) is 9.52. The predicted octanol–water partition coefficient (Wildman–Crippen LogP) is 7.54. The van der Waals surface area contributed by atoms with Gasteiger partial charge in [0.25, 0.3) is 0 Å². The minimum absolute atomic E-state index is 0.589. The summed E-state index contributed by atoms with van der Waals surface area (Å²) >= 11 is 12.4. The van der Waals surface area contributed by atoms with E-state index in [0.29, 0.717) is 33.5 Å². The molecule has 1 saturated carbocycles. The Morgan fingerprint density at radius 1 is 0.971 bits per heavy atom. The van der Waals surface area contributed by atoms with Crippen molar-refractivity contribution in [2.45, 2.75) is 25.7 Å². The Kier molecular flexibility index (Phi) is 7.37. The SMILES string of the molecule is NCC1CCCC(CNc2nc(C=Cc3ccc(-c4cccc(Cl)c4)o3)nc3cc(Cl)ccc23)C1. The van der Waals surface area contributed by atoms with Gasteiger partial charge in [-0.05, 0) is 92.3 Å². The monoisotopic (exact) mass is 506 g/mol. The molecule has 0 radical (unpaired) electrons. The summed E-state index contributed by atoms with van der Waals surface area (Å²) in [5, 5.41) is 5.86. The number of benzene rings is 2. The van der Waals surface area contributed by atoms with E-state index in [2.05, 4.69) is 5.32 Å². The van der Waals surface area contributed by atoms with Crippen LogP contribution in [0.5, 0.6) is 0 Å². The second kappa shape index (κ2) is 10.8. The van der Waals surface area contributed by atoms with Crippen molar-refractivity contribution in [1.29, 1.82) is 0 Å². The third-order valence-electron chi connectivity index (χ3n) is 6.59. The van der Waals surface area contributed by atoms with E-state index in [0.717, 1.165) is 41.1 Å². The number of halogens is 2. The number of rotatable bonds is 7. The second-order valence-corrected chi connectivity index (χ2v) is 10.0. The molecule has 0 spiro atoms. The molecule has 4 aromatic rings. The van der Waals surface area contributed by atoms with Crippen molar-refractivity contribution < 1.29 is 4.42 Å². The van der Waals surface area contributed by atoms with Crippen LogP contribution in [-0.4, -0.2) is 23.1 Å². The maximum absolute atomic E-state index is 6.26. The zero-order valence-corrected chi connectivity index (χ0v) is 20.9. The van der Waals surface area contributed by atoms with Gasteiger partial charge >= 0.3 is 0 Å². The molecule has 2 heterocycles. The maximum Gasteiger partial charge on any atom is 0.155 e. The van der Waals surface area contributed by atoms with Crippen LogP contribution in [0.3, 0.4) is 0 Å². The number of furan rings is 1. The Morgan fingerprint density at radius 3 is 2.69 bits per heavy atom. The molecule has 2 aromatic heterocycles. The fraction of sp³-hybridized carbons (Fsp3) is 0.286. The van der Waals surface area contributed by atoms with Crippen molar-refractivity contribution in [3.8, 4) is 11.3 Å². The average molecular weight is 507 g/mol. The van der Waals surface area contributed by atoms with Crippen molar-refractivity contribution in [2.75, 3.05) is 18.4 Å². The lowest BCUT2D eigenvalue weighted by atomic mass is 9.81. The van der Waals surface area contributed by atoms with Gasteiger partial charge in [-0.25, -0.2) is 9.97 Å². The topological polar surface area (TPSA) is 77.0 Å². The van der Waals surface area contributed by atoms with Crippen LogP contribution in [0, 0.1) is 11.8 Å². The van der Waals surface area contributed by atoms with Gasteiger partial charge in [-0.3, -0.25) is 0 Å². The lowest BCUT2D eigenvalue weighted by molar-refractivity contribution is 0.281. The van der Waals surface area contributed by atoms with Gasteiger partial charge in [0.2, 0.25) is 0 Å². The minimum atomic E-state index is 0.589. The fourth-order valence-electron chi connectivity index (χ4n) is 4.77. The molecule has 2 unspecified atom stereocenters. The lowest BCUT2D eigenvalue weighted by Crippen LogP contribution is -2.26. The standard InChI is InChI=1S/C28H28Cl2N4O/c29-21-6-2-5-20(14-21)26-11-8-23(35-26)9-12-27-33-25-15-22(30)7-10-24(25)28(34-27)32-17-19-4-1-3-18(13-19)16-31/h2,5-12,14-15,18-19H,1,3-4,13,16-17,31H2,(H,32,33,34). The van der Waals surface area contributed by atoms with E-state index in [9.17, 15) is 0 Å². The highest BCUT2D eigenvalue weighted by atomic mass is 35.5. The molecule has 0 bridgehead atoms. The molecular weight excluding hydrogens is 479 g/mol. The molecule has 1 fully saturated rings. The van der Waals surface area contributed by atoms with E-state index in [1.807, 2.05) is 66.7 Å². The molecule has 7 heteroatoms. The van der Waals surface area contributed by atoms with Gasteiger partial charge in [0.1, 0.15) is 17.3 Å². The normalized spacial score (nSPS) is 18.4. The highest BCUT2D eigenvalue weighted by Gasteiger charge is 2.21. The molecule has 35 heavy (non-hydrogen) atoms. The number of fused-ring (bicyclic) bond motifs is 1. The van der Waals surface area contributed by atoms with Crippen LogP contribution in [-0.2, 0) is 0 Å². The first-order chi connectivity index (χ1) is 17.1. The van der Waals surface area contributed by atoms with Gasteiger partial charge in [-0.1, -0.05) is 41.8 Å². The van der Waals surface area contributed by atoms with Crippen LogP contribution in [0.2, 0.25) is 10.0 Å². The molecular formula is C28H28Cl2N4O. The number of hydrogen-bond acceptors (Lipinski definition) is 5. The summed E-state index contributed by atoms with van der Waals surface area (Å²) in [6, 6.07) is 17.2.